The van der Waals surface area contributed by atoms with Gasteiger partial charge in [0.05, 0.1) is 0 Å². The minimum atomic E-state index is -1.14. The van der Waals surface area contributed by atoms with Crippen molar-refractivity contribution in [3.05, 3.63) is 108 Å². The molecule has 0 radical (unpaired) electrons. The quantitative estimate of drug-likeness (QED) is 0.480. The van der Waals surface area contributed by atoms with E-state index in [-0.39, 0.29) is 13.2 Å². The molecular weight excluding hydrogens is 444 g/mol. The van der Waals surface area contributed by atoms with E-state index in [1.54, 1.807) is 0 Å². The Labute approximate surface area is 204 Å². The standard InChI is InChI=1S/C28H28N2O5/c31-26(23-17-10-18-30(23)28(33)34)29-25(27(32)35-19-20-11-4-1-5-12-20)24(21-13-6-2-7-14-21)22-15-8-3-9-16-22/h1-9,11-16,23-25H,10,17-19H2,(H,29,31)(H,33,34)/t23-,25-/m0/s1. The zero-order chi connectivity index (χ0) is 24.6. The fourth-order valence-corrected chi connectivity index (χ4v) is 4.51. The molecule has 1 fully saturated rings. The Balaban J connectivity index is 1.66. The SMILES string of the molecule is O=C(OCc1ccccc1)[C@@H](NC(=O)[C@@H]1CCCN1C(=O)O)C(c1ccccc1)c1ccccc1. The lowest BCUT2D eigenvalue weighted by Gasteiger charge is -2.30. The number of hydrogen-bond acceptors (Lipinski definition) is 4. The highest BCUT2D eigenvalue weighted by molar-refractivity contribution is 5.90. The van der Waals surface area contributed by atoms with E-state index in [1.165, 1.54) is 0 Å². The first-order valence-corrected chi connectivity index (χ1v) is 11.6. The third-order valence-corrected chi connectivity index (χ3v) is 6.23. The molecule has 7 heteroatoms. The second-order valence-electron chi connectivity index (χ2n) is 8.51. The molecule has 180 valence electrons. The van der Waals surface area contributed by atoms with Crippen LogP contribution in [0.25, 0.3) is 0 Å². The van der Waals surface area contributed by atoms with Crippen molar-refractivity contribution in [3.63, 3.8) is 0 Å². The molecule has 1 aliphatic heterocycles. The summed E-state index contributed by atoms with van der Waals surface area (Å²) < 4.78 is 5.67. The molecule has 2 amide bonds. The molecule has 1 aliphatic rings. The average Bonchev–Trinajstić information content (AvgIpc) is 3.40. The number of rotatable bonds is 8. The number of amides is 2. The monoisotopic (exact) mass is 472 g/mol. The highest BCUT2D eigenvalue weighted by Gasteiger charge is 2.39. The number of carbonyl (C=O) groups is 3. The molecule has 1 heterocycles. The topological polar surface area (TPSA) is 95.9 Å². The molecule has 0 aromatic heterocycles. The molecule has 0 unspecified atom stereocenters. The Morgan fingerprint density at radius 2 is 1.43 bits per heavy atom. The van der Waals surface area contributed by atoms with Gasteiger partial charge in [-0.25, -0.2) is 9.59 Å². The number of ether oxygens (including phenoxy) is 1. The third-order valence-electron chi connectivity index (χ3n) is 6.23. The van der Waals surface area contributed by atoms with Gasteiger partial charge in [0.1, 0.15) is 18.7 Å². The predicted octanol–water partition coefficient (Wildman–Crippen LogP) is 4.19. The largest absolute Gasteiger partial charge is 0.465 e. The summed E-state index contributed by atoms with van der Waals surface area (Å²) in [5.74, 6) is -1.60. The third kappa shape index (κ3) is 5.87. The Morgan fingerprint density at radius 3 is 1.97 bits per heavy atom. The lowest BCUT2D eigenvalue weighted by molar-refractivity contribution is -0.150. The van der Waals surface area contributed by atoms with Crippen LogP contribution in [0.1, 0.15) is 35.4 Å². The van der Waals surface area contributed by atoms with Crippen LogP contribution < -0.4 is 5.32 Å². The number of nitrogens with zero attached hydrogens (tertiary/aromatic N) is 1. The summed E-state index contributed by atoms with van der Waals surface area (Å²) in [6, 6.07) is 26.3. The molecule has 0 spiro atoms. The van der Waals surface area contributed by atoms with Crippen molar-refractivity contribution in [2.75, 3.05) is 6.54 Å². The molecule has 7 nitrogen and oxygen atoms in total. The summed E-state index contributed by atoms with van der Waals surface area (Å²) in [5, 5.41) is 12.4. The van der Waals surface area contributed by atoms with Crippen molar-refractivity contribution in [3.8, 4) is 0 Å². The highest BCUT2D eigenvalue weighted by atomic mass is 16.5. The van der Waals surface area contributed by atoms with Gasteiger partial charge in [0, 0.05) is 12.5 Å². The molecule has 35 heavy (non-hydrogen) atoms. The summed E-state index contributed by atoms with van der Waals surface area (Å²) in [6.45, 7) is 0.352. The summed E-state index contributed by atoms with van der Waals surface area (Å²) in [7, 11) is 0. The van der Waals surface area contributed by atoms with E-state index >= 15 is 0 Å². The van der Waals surface area contributed by atoms with Crippen molar-refractivity contribution in [2.45, 2.75) is 37.5 Å². The first-order chi connectivity index (χ1) is 17.0. The van der Waals surface area contributed by atoms with Gasteiger partial charge in [-0.3, -0.25) is 9.69 Å². The second-order valence-corrected chi connectivity index (χ2v) is 8.51. The van der Waals surface area contributed by atoms with E-state index in [1.807, 2.05) is 91.0 Å². The summed E-state index contributed by atoms with van der Waals surface area (Å²) in [6.07, 6.45) is -0.145. The molecule has 2 atom stereocenters. The summed E-state index contributed by atoms with van der Waals surface area (Å²) in [5.41, 5.74) is 2.50. The van der Waals surface area contributed by atoms with Gasteiger partial charge in [-0.05, 0) is 29.5 Å². The molecule has 3 aromatic rings. The molecule has 0 aliphatic carbocycles. The van der Waals surface area contributed by atoms with Crippen LogP contribution in [0.4, 0.5) is 4.79 Å². The Bertz CT molecular complexity index is 1100. The zero-order valence-corrected chi connectivity index (χ0v) is 19.2. The van der Waals surface area contributed by atoms with E-state index in [0.717, 1.165) is 21.6 Å². The highest BCUT2D eigenvalue weighted by Crippen LogP contribution is 2.30. The van der Waals surface area contributed by atoms with Gasteiger partial charge in [0.2, 0.25) is 5.91 Å². The number of benzene rings is 3. The van der Waals surface area contributed by atoms with Gasteiger partial charge in [-0.2, -0.15) is 0 Å². The predicted molar refractivity (Wildman–Crippen MR) is 131 cm³/mol. The molecule has 2 N–H and O–H groups in total. The van der Waals surface area contributed by atoms with E-state index in [2.05, 4.69) is 5.32 Å². The fourth-order valence-electron chi connectivity index (χ4n) is 4.51. The van der Waals surface area contributed by atoms with Gasteiger partial charge < -0.3 is 15.2 Å². The van der Waals surface area contributed by atoms with Crippen LogP contribution in [0, 0.1) is 0 Å². The fraction of sp³-hybridized carbons (Fsp3) is 0.250. The van der Waals surface area contributed by atoms with Crippen LogP contribution in [0.15, 0.2) is 91.0 Å². The van der Waals surface area contributed by atoms with Crippen LogP contribution in [0.3, 0.4) is 0 Å². The normalized spacial score (nSPS) is 16.0. The van der Waals surface area contributed by atoms with E-state index < -0.39 is 36.0 Å². The van der Waals surface area contributed by atoms with Crippen molar-refractivity contribution < 1.29 is 24.2 Å². The minimum absolute atomic E-state index is 0.0625. The Hall–Kier alpha value is -4.13. The number of carbonyl (C=O) groups excluding carboxylic acids is 2. The molecular formula is C28H28N2O5. The molecule has 0 saturated carbocycles. The van der Waals surface area contributed by atoms with Gasteiger partial charge in [0.25, 0.3) is 0 Å². The Morgan fingerprint density at radius 1 is 0.886 bits per heavy atom. The van der Waals surface area contributed by atoms with Crippen LogP contribution in [-0.4, -0.2) is 46.6 Å². The number of nitrogens with one attached hydrogen (secondary N) is 1. The second kappa shape index (κ2) is 11.3. The lowest BCUT2D eigenvalue weighted by Crippen LogP contribution is -2.53. The van der Waals surface area contributed by atoms with Gasteiger partial charge >= 0.3 is 12.1 Å². The molecule has 3 aromatic carbocycles. The van der Waals surface area contributed by atoms with Crippen molar-refractivity contribution in [1.29, 1.82) is 0 Å². The molecule has 1 saturated heterocycles. The number of hydrogen-bond donors (Lipinski definition) is 2. The summed E-state index contributed by atoms with van der Waals surface area (Å²) in [4.78, 5) is 39.5. The minimum Gasteiger partial charge on any atom is -0.465 e. The smallest absolute Gasteiger partial charge is 0.407 e. The van der Waals surface area contributed by atoms with E-state index in [4.69, 9.17) is 4.74 Å². The maximum Gasteiger partial charge on any atom is 0.407 e. The van der Waals surface area contributed by atoms with Crippen molar-refractivity contribution in [1.82, 2.24) is 10.2 Å². The number of carboxylic acid groups (broad SMARTS) is 1. The van der Waals surface area contributed by atoms with E-state index in [0.29, 0.717) is 12.8 Å². The number of esters is 1. The molecule has 0 bridgehead atoms. The van der Waals surface area contributed by atoms with Gasteiger partial charge in [-0.15, -0.1) is 0 Å². The average molecular weight is 473 g/mol. The van der Waals surface area contributed by atoms with Gasteiger partial charge in [0.15, 0.2) is 0 Å². The zero-order valence-electron chi connectivity index (χ0n) is 19.2. The maximum atomic E-state index is 13.5. The maximum absolute atomic E-state index is 13.5. The molecule has 4 rings (SSSR count). The van der Waals surface area contributed by atoms with Crippen LogP contribution >= 0.6 is 0 Å². The first-order valence-electron chi connectivity index (χ1n) is 11.6. The van der Waals surface area contributed by atoms with Crippen LogP contribution in [0.5, 0.6) is 0 Å². The van der Waals surface area contributed by atoms with Gasteiger partial charge in [-0.1, -0.05) is 91.0 Å². The summed E-state index contributed by atoms with van der Waals surface area (Å²) >= 11 is 0. The van der Waals surface area contributed by atoms with Crippen molar-refractivity contribution in [2.24, 2.45) is 0 Å². The number of likely N-dealkylation sites (tertiary alicyclic amines) is 1. The van der Waals surface area contributed by atoms with Crippen LogP contribution in [0.2, 0.25) is 0 Å². The lowest BCUT2D eigenvalue weighted by atomic mass is 9.84. The van der Waals surface area contributed by atoms with E-state index in [9.17, 15) is 19.5 Å². The van der Waals surface area contributed by atoms with Crippen molar-refractivity contribution >= 4 is 18.0 Å². The van der Waals surface area contributed by atoms with Crippen LogP contribution in [-0.2, 0) is 20.9 Å². The Kier molecular flexibility index (Phi) is 7.77. The first kappa shape index (κ1) is 24.0.